The third kappa shape index (κ3) is 7.59. The summed E-state index contributed by atoms with van der Waals surface area (Å²) >= 11 is 0. The molecule has 1 aromatic rings. The summed E-state index contributed by atoms with van der Waals surface area (Å²) in [6.07, 6.45) is 2.33. The fourth-order valence-corrected chi connectivity index (χ4v) is 2.34. The highest BCUT2D eigenvalue weighted by atomic mass is 16.4. The van der Waals surface area contributed by atoms with Crippen molar-refractivity contribution in [3.8, 4) is 0 Å². The van der Waals surface area contributed by atoms with Gasteiger partial charge >= 0.3 is 7.12 Å². The highest BCUT2D eigenvalue weighted by Crippen LogP contribution is 2.16. The number of aliphatic hydroxyl groups is 1. The Labute approximate surface area is 127 Å². The van der Waals surface area contributed by atoms with Crippen LogP contribution in [-0.4, -0.2) is 41.0 Å². The van der Waals surface area contributed by atoms with Crippen molar-refractivity contribution in [1.29, 1.82) is 0 Å². The number of nitrogens with one attached hydrogen (secondary N) is 1. The lowest BCUT2D eigenvalue weighted by Gasteiger charge is -2.24. The molecule has 0 aliphatic rings. The van der Waals surface area contributed by atoms with Gasteiger partial charge in [0.25, 0.3) is 0 Å². The molecule has 3 atom stereocenters. The lowest BCUT2D eigenvalue weighted by Crippen LogP contribution is -2.39. The molecule has 1 rings (SSSR count). The Morgan fingerprint density at radius 2 is 1.86 bits per heavy atom. The average Bonchev–Trinajstić information content (AvgIpc) is 2.44. The number of hydrogen-bond acceptors (Lipinski definition) is 5. The first-order valence-corrected chi connectivity index (χ1v) is 7.58. The Kier molecular flexibility index (Phi) is 8.57. The van der Waals surface area contributed by atoms with Crippen LogP contribution < -0.4 is 11.1 Å². The van der Waals surface area contributed by atoms with Crippen LogP contribution in [-0.2, 0) is 0 Å². The minimum atomic E-state index is -1.22. The standard InChI is InChI=1S/C15H27BN2O3/c1-12(19)15(13-7-3-2-4-8-13)18-11-14(17)9-5-6-10-16(20)21/h2-4,7-8,12,14-15,18-21H,5-6,9-11,17H2,1H3/t12-,14?,15?/m1/s1. The molecule has 2 unspecified atom stereocenters. The van der Waals surface area contributed by atoms with E-state index in [1.807, 2.05) is 30.3 Å². The molecule has 118 valence electrons. The monoisotopic (exact) mass is 294 g/mol. The molecule has 0 fully saturated rings. The minimum Gasteiger partial charge on any atom is -0.427 e. The van der Waals surface area contributed by atoms with Crippen LogP contribution in [0.15, 0.2) is 30.3 Å². The number of unbranched alkanes of at least 4 members (excludes halogenated alkanes) is 1. The molecule has 0 heterocycles. The number of aliphatic hydroxyl groups excluding tert-OH is 1. The van der Waals surface area contributed by atoms with Crippen molar-refractivity contribution in [2.45, 2.75) is 50.7 Å². The van der Waals surface area contributed by atoms with Gasteiger partial charge in [0.15, 0.2) is 0 Å². The van der Waals surface area contributed by atoms with Crippen molar-refractivity contribution in [2.24, 2.45) is 5.73 Å². The SMILES string of the molecule is C[C@@H](O)C(NCC(N)CCCCB(O)O)c1ccccc1. The summed E-state index contributed by atoms with van der Waals surface area (Å²) in [5, 5.41) is 30.7. The lowest BCUT2D eigenvalue weighted by molar-refractivity contribution is 0.144. The van der Waals surface area contributed by atoms with Crippen LogP contribution in [0.3, 0.4) is 0 Å². The van der Waals surface area contributed by atoms with Crippen LogP contribution in [0, 0.1) is 0 Å². The van der Waals surface area contributed by atoms with Crippen LogP contribution in [0.1, 0.15) is 37.8 Å². The van der Waals surface area contributed by atoms with Crippen molar-refractivity contribution in [3.63, 3.8) is 0 Å². The lowest BCUT2D eigenvalue weighted by atomic mass is 9.83. The van der Waals surface area contributed by atoms with E-state index in [0.717, 1.165) is 24.8 Å². The second kappa shape index (κ2) is 9.92. The molecule has 0 aromatic heterocycles. The van der Waals surface area contributed by atoms with Crippen molar-refractivity contribution in [2.75, 3.05) is 6.54 Å². The van der Waals surface area contributed by atoms with Crippen molar-refractivity contribution >= 4 is 7.12 Å². The second-order valence-corrected chi connectivity index (χ2v) is 5.56. The predicted octanol–water partition coefficient (Wildman–Crippen LogP) is 0.668. The van der Waals surface area contributed by atoms with Crippen LogP contribution in [0.4, 0.5) is 0 Å². The van der Waals surface area contributed by atoms with Crippen molar-refractivity contribution in [1.82, 2.24) is 5.32 Å². The second-order valence-electron chi connectivity index (χ2n) is 5.56. The summed E-state index contributed by atoms with van der Waals surface area (Å²) in [5.41, 5.74) is 7.09. The molecule has 5 nitrogen and oxygen atoms in total. The topological polar surface area (TPSA) is 98.7 Å². The zero-order valence-corrected chi connectivity index (χ0v) is 12.7. The van der Waals surface area contributed by atoms with Crippen molar-refractivity contribution in [3.05, 3.63) is 35.9 Å². The zero-order valence-electron chi connectivity index (χ0n) is 12.7. The van der Waals surface area contributed by atoms with E-state index < -0.39 is 13.2 Å². The Morgan fingerprint density at radius 3 is 2.43 bits per heavy atom. The molecule has 6 heteroatoms. The van der Waals surface area contributed by atoms with Gasteiger partial charge in [-0.2, -0.15) is 0 Å². The average molecular weight is 294 g/mol. The molecule has 0 saturated carbocycles. The highest BCUT2D eigenvalue weighted by Gasteiger charge is 2.17. The van der Waals surface area contributed by atoms with Gasteiger partial charge in [-0.05, 0) is 25.2 Å². The van der Waals surface area contributed by atoms with Gasteiger partial charge < -0.3 is 26.2 Å². The van der Waals surface area contributed by atoms with E-state index in [1.54, 1.807) is 6.92 Å². The molecule has 0 spiro atoms. The van der Waals surface area contributed by atoms with Gasteiger partial charge in [-0.3, -0.25) is 0 Å². The summed E-state index contributed by atoms with van der Waals surface area (Å²) in [5.74, 6) is 0. The van der Waals surface area contributed by atoms with Crippen molar-refractivity contribution < 1.29 is 15.2 Å². The fraction of sp³-hybridized carbons (Fsp3) is 0.600. The van der Waals surface area contributed by atoms with Gasteiger partial charge in [0.05, 0.1) is 12.1 Å². The van der Waals surface area contributed by atoms with Crippen LogP contribution in [0.25, 0.3) is 0 Å². The molecule has 0 aliphatic heterocycles. The van der Waals surface area contributed by atoms with Gasteiger partial charge in [0.2, 0.25) is 0 Å². The van der Waals surface area contributed by atoms with Crippen LogP contribution >= 0.6 is 0 Å². The van der Waals surface area contributed by atoms with Gasteiger partial charge in [0, 0.05) is 12.6 Å². The Morgan fingerprint density at radius 1 is 1.19 bits per heavy atom. The maximum Gasteiger partial charge on any atom is 0.451 e. The van der Waals surface area contributed by atoms with Crippen LogP contribution in [0.5, 0.6) is 0 Å². The van der Waals surface area contributed by atoms with Crippen LogP contribution in [0.2, 0.25) is 6.32 Å². The molecule has 21 heavy (non-hydrogen) atoms. The molecular formula is C15H27BN2O3. The summed E-state index contributed by atoms with van der Waals surface area (Å²) in [4.78, 5) is 0. The Balaban J connectivity index is 2.33. The normalized spacial score (nSPS) is 15.5. The van der Waals surface area contributed by atoms with Gasteiger partial charge in [-0.25, -0.2) is 0 Å². The first-order valence-electron chi connectivity index (χ1n) is 7.58. The maximum atomic E-state index is 9.89. The van der Waals surface area contributed by atoms with Gasteiger partial charge in [0.1, 0.15) is 0 Å². The van der Waals surface area contributed by atoms with E-state index in [-0.39, 0.29) is 12.1 Å². The molecular weight excluding hydrogens is 267 g/mol. The molecule has 0 aliphatic carbocycles. The molecule has 0 amide bonds. The van der Waals surface area contributed by atoms with E-state index in [0.29, 0.717) is 12.9 Å². The van der Waals surface area contributed by atoms with Gasteiger partial charge in [-0.1, -0.05) is 43.2 Å². The highest BCUT2D eigenvalue weighted by molar-refractivity contribution is 6.40. The summed E-state index contributed by atoms with van der Waals surface area (Å²) < 4.78 is 0. The van der Waals surface area contributed by atoms with E-state index in [9.17, 15) is 5.11 Å². The Hall–Kier alpha value is -0.915. The molecule has 6 N–H and O–H groups in total. The first-order chi connectivity index (χ1) is 10.0. The third-order valence-corrected chi connectivity index (χ3v) is 3.53. The predicted molar refractivity (Wildman–Crippen MR) is 85.7 cm³/mol. The number of nitrogens with two attached hydrogens (primary N) is 1. The van der Waals surface area contributed by atoms with E-state index in [1.165, 1.54) is 0 Å². The van der Waals surface area contributed by atoms with E-state index in [2.05, 4.69) is 5.32 Å². The van der Waals surface area contributed by atoms with E-state index >= 15 is 0 Å². The molecule has 1 aromatic carbocycles. The number of benzene rings is 1. The molecule has 0 bridgehead atoms. The smallest absolute Gasteiger partial charge is 0.427 e. The summed E-state index contributed by atoms with van der Waals surface area (Å²) in [6, 6.07) is 9.68. The quantitative estimate of drug-likeness (QED) is 0.323. The fourth-order valence-electron chi connectivity index (χ4n) is 2.34. The number of rotatable bonds is 10. The summed E-state index contributed by atoms with van der Waals surface area (Å²) in [6.45, 7) is 2.38. The Bertz CT molecular complexity index is 376. The molecule has 0 saturated heterocycles. The van der Waals surface area contributed by atoms with E-state index in [4.69, 9.17) is 15.8 Å². The first kappa shape index (κ1) is 18.1. The summed E-state index contributed by atoms with van der Waals surface area (Å²) in [7, 11) is -1.22. The number of hydrogen-bond donors (Lipinski definition) is 5. The van der Waals surface area contributed by atoms with Gasteiger partial charge in [-0.15, -0.1) is 0 Å². The largest absolute Gasteiger partial charge is 0.451 e. The third-order valence-electron chi connectivity index (χ3n) is 3.53. The maximum absolute atomic E-state index is 9.89. The zero-order chi connectivity index (χ0) is 15.7. The molecule has 0 radical (unpaired) electrons. The minimum absolute atomic E-state index is 0.00852.